The number of ether oxygens (including phenoxy) is 2. The van der Waals surface area contributed by atoms with Crippen LogP contribution >= 0.6 is 24.0 Å². The van der Waals surface area contributed by atoms with E-state index in [0.717, 1.165) is 25.9 Å². The van der Waals surface area contributed by atoms with Crippen molar-refractivity contribution in [2.75, 3.05) is 20.2 Å². The Balaban J connectivity index is 0.00000529. The first-order chi connectivity index (χ1) is 11.1. The van der Waals surface area contributed by atoms with Gasteiger partial charge in [0.05, 0.1) is 13.7 Å². The van der Waals surface area contributed by atoms with E-state index in [2.05, 4.69) is 27.3 Å². The Kier molecular flexibility index (Phi) is 12.3. The lowest BCUT2D eigenvalue weighted by Crippen LogP contribution is -2.37. The maximum absolute atomic E-state index is 12.5. The van der Waals surface area contributed by atoms with Gasteiger partial charge in [0.2, 0.25) is 0 Å². The molecule has 0 radical (unpaired) electrons. The lowest BCUT2D eigenvalue weighted by atomic mass is 10.2. The molecule has 0 spiro atoms. The van der Waals surface area contributed by atoms with E-state index in [1.165, 1.54) is 13.2 Å². The molecule has 0 unspecified atom stereocenters. The van der Waals surface area contributed by atoms with Crippen LogP contribution in [0.2, 0.25) is 0 Å². The number of guanidine groups is 1. The van der Waals surface area contributed by atoms with Crippen LogP contribution in [0, 0.1) is 0 Å². The van der Waals surface area contributed by atoms with Crippen molar-refractivity contribution in [3.8, 4) is 11.5 Å². The predicted molar refractivity (Wildman–Crippen MR) is 103 cm³/mol. The van der Waals surface area contributed by atoms with Gasteiger partial charge in [-0.25, -0.2) is 4.99 Å². The van der Waals surface area contributed by atoms with E-state index in [1.807, 2.05) is 6.92 Å². The van der Waals surface area contributed by atoms with Crippen LogP contribution in [0.5, 0.6) is 11.5 Å². The van der Waals surface area contributed by atoms with Crippen LogP contribution in [0.15, 0.2) is 23.2 Å². The Morgan fingerprint density at radius 3 is 2.58 bits per heavy atom. The van der Waals surface area contributed by atoms with Crippen molar-refractivity contribution in [3.05, 3.63) is 23.8 Å². The number of hydrogen-bond acceptors (Lipinski definition) is 3. The quantitative estimate of drug-likeness (QED) is 0.257. The molecule has 1 rings (SSSR count). The first kappa shape index (κ1) is 22.7. The summed E-state index contributed by atoms with van der Waals surface area (Å²) in [6.07, 6.45) is 2.11. The molecule has 1 aromatic carbocycles. The lowest BCUT2D eigenvalue weighted by molar-refractivity contribution is -0.0504. The van der Waals surface area contributed by atoms with Gasteiger partial charge >= 0.3 is 6.61 Å². The van der Waals surface area contributed by atoms with Crippen LogP contribution in [-0.4, -0.2) is 32.8 Å². The smallest absolute Gasteiger partial charge is 0.387 e. The molecule has 1 aromatic rings. The van der Waals surface area contributed by atoms with Gasteiger partial charge in [-0.1, -0.05) is 13.3 Å². The van der Waals surface area contributed by atoms with E-state index >= 15 is 0 Å². The van der Waals surface area contributed by atoms with Crippen LogP contribution in [0.4, 0.5) is 8.78 Å². The molecule has 0 amide bonds. The normalized spacial score (nSPS) is 11.0. The van der Waals surface area contributed by atoms with E-state index in [1.54, 1.807) is 12.1 Å². The second kappa shape index (κ2) is 13.0. The number of halogens is 3. The highest BCUT2D eigenvalue weighted by Crippen LogP contribution is 2.26. The zero-order chi connectivity index (χ0) is 17.1. The largest absolute Gasteiger partial charge is 0.497 e. The van der Waals surface area contributed by atoms with Crippen LogP contribution in [0.25, 0.3) is 0 Å². The van der Waals surface area contributed by atoms with Crippen molar-refractivity contribution < 1.29 is 18.3 Å². The van der Waals surface area contributed by atoms with E-state index in [4.69, 9.17) is 4.74 Å². The van der Waals surface area contributed by atoms with Gasteiger partial charge in [0.25, 0.3) is 0 Å². The van der Waals surface area contributed by atoms with Crippen molar-refractivity contribution in [1.29, 1.82) is 0 Å². The molecule has 0 aromatic heterocycles. The molecule has 0 fully saturated rings. The van der Waals surface area contributed by atoms with Crippen molar-refractivity contribution >= 4 is 29.9 Å². The summed E-state index contributed by atoms with van der Waals surface area (Å²) in [4.78, 5) is 4.41. The fourth-order valence-corrected chi connectivity index (χ4v) is 1.91. The Morgan fingerprint density at radius 1 is 1.25 bits per heavy atom. The van der Waals surface area contributed by atoms with Gasteiger partial charge in [-0.3, -0.25) is 0 Å². The molecule has 0 saturated carbocycles. The minimum atomic E-state index is -2.87. The molecule has 0 heterocycles. The molecule has 24 heavy (non-hydrogen) atoms. The molecule has 0 aliphatic carbocycles. The summed E-state index contributed by atoms with van der Waals surface area (Å²) in [5.74, 6) is 1.32. The Hall–Kier alpha value is -1.32. The first-order valence-corrected chi connectivity index (χ1v) is 7.74. The van der Waals surface area contributed by atoms with E-state index in [9.17, 15) is 8.78 Å². The Labute approximate surface area is 159 Å². The minimum absolute atomic E-state index is 0. The summed E-state index contributed by atoms with van der Waals surface area (Å²) in [6, 6.07) is 4.69. The van der Waals surface area contributed by atoms with Gasteiger partial charge in [-0.2, -0.15) is 8.78 Å². The zero-order valence-electron chi connectivity index (χ0n) is 14.3. The maximum Gasteiger partial charge on any atom is 0.387 e. The van der Waals surface area contributed by atoms with Gasteiger partial charge in [-0.05, 0) is 31.5 Å². The molecule has 0 saturated heterocycles. The van der Waals surface area contributed by atoms with Crippen LogP contribution < -0.4 is 20.1 Å². The van der Waals surface area contributed by atoms with Crippen LogP contribution in [-0.2, 0) is 6.54 Å². The molecule has 8 heteroatoms. The third-order valence-corrected chi connectivity index (χ3v) is 3.06. The number of hydrogen-bond donors (Lipinski definition) is 2. The number of methoxy groups -OCH3 is 1. The summed E-state index contributed by atoms with van der Waals surface area (Å²) in [5, 5.41) is 6.32. The van der Waals surface area contributed by atoms with Crippen molar-refractivity contribution in [2.45, 2.75) is 39.8 Å². The molecule has 0 aliphatic heterocycles. The predicted octanol–water partition coefficient (Wildman–Crippen LogP) is 3.77. The van der Waals surface area contributed by atoms with Gasteiger partial charge in [-0.15, -0.1) is 24.0 Å². The third kappa shape index (κ3) is 8.51. The summed E-state index contributed by atoms with van der Waals surface area (Å²) in [5.41, 5.74) is 0.539. The summed E-state index contributed by atoms with van der Waals surface area (Å²) in [6.45, 7) is 2.93. The van der Waals surface area contributed by atoms with Gasteiger partial charge in [0.1, 0.15) is 11.5 Å². The SMILES string of the molecule is CCCCNC(=NCc1cc(OC)ccc1OC(F)F)NCC.I. The highest BCUT2D eigenvalue weighted by atomic mass is 127. The first-order valence-electron chi connectivity index (χ1n) is 7.74. The average molecular weight is 457 g/mol. The van der Waals surface area contributed by atoms with Crippen molar-refractivity contribution in [1.82, 2.24) is 10.6 Å². The zero-order valence-corrected chi connectivity index (χ0v) is 16.6. The number of aliphatic imine (C=N–C) groups is 1. The molecule has 138 valence electrons. The number of unbranched alkanes of at least 4 members (excludes halogenated alkanes) is 1. The number of alkyl halides is 2. The summed E-state index contributed by atoms with van der Waals surface area (Å²) in [7, 11) is 1.52. The number of nitrogens with one attached hydrogen (secondary N) is 2. The number of nitrogens with zero attached hydrogens (tertiary/aromatic N) is 1. The molecular formula is C16H26F2IN3O2. The van der Waals surface area contributed by atoms with Crippen LogP contribution in [0.3, 0.4) is 0 Å². The van der Waals surface area contributed by atoms with Crippen molar-refractivity contribution in [3.63, 3.8) is 0 Å². The van der Waals surface area contributed by atoms with Crippen LogP contribution in [0.1, 0.15) is 32.3 Å². The highest BCUT2D eigenvalue weighted by Gasteiger charge is 2.11. The van der Waals surface area contributed by atoms with E-state index in [-0.39, 0.29) is 36.3 Å². The highest BCUT2D eigenvalue weighted by molar-refractivity contribution is 14.0. The second-order valence-corrected chi connectivity index (χ2v) is 4.83. The molecule has 2 N–H and O–H groups in total. The topological polar surface area (TPSA) is 54.9 Å². The minimum Gasteiger partial charge on any atom is -0.497 e. The van der Waals surface area contributed by atoms with E-state index in [0.29, 0.717) is 17.3 Å². The van der Waals surface area contributed by atoms with E-state index < -0.39 is 6.61 Å². The molecular weight excluding hydrogens is 431 g/mol. The van der Waals surface area contributed by atoms with Gasteiger partial charge in [0.15, 0.2) is 5.96 Å². The standard InChI is InChI=1S/C16H25F2N3O2.HI/c1-4-6-9-20-16(19-5-2)21-11-12-10-13(22-3)7-8-14(12)23-15(17)18;/h7-8,10,15H,4-6,9,11H2,1-3H3,(H2,19,20,21);1H. The fourth-order valence-electron chi connectivity index (χ4n) is 1.91. The maximum atomic E-state index is 12.5. The molecule has 0 atom stereocenters. The Morgan fingerprint density at radius 2 is 2.00 bits per heavy atom. The second-order valence-electron chi connectivity index (χ2n) is 4.83. The monoisotopic (exact) mass is 457 g/mol. The molecule has 0 bridgehead atoms. The lowest BCUT2D eigenvalue weighted by Gasteiger charge is -2.13. The Bertz CT molecular complexity index is 502. The number of benzene rings is 1. The number of rotatable bonds is 9. The molecule has 0 aliphatic rings. The average Bonchev–Trinajstić information content (AvgIpc) is 2.53. The third-order valence-electron chi connectivity index (χ3n) is 3.06. The summed E-state index contributed by atoms with van der Waals surface area (Å²) < 4.78 is 34.7. The summed E-state index contributed by atoms with van der Waals surface area (Å²) >= 11 is 0. The van der Waals surface area contributed by atoms with Gasteiger partial charge < -0.3 is 20.1 Å². The molecule has 5 nitrogen and oxygen atoms in total. The van der Waals surface area contributed by atoms with Gasteiger partial charge in [0, 0.05) is 18.7 Å². The van der Waals surface area contributed by atoms with Crippen molar-refractivity contribution in [2.24, 2.45) is 4.99 Å². The fraction of sp³-hybridized carbons (Fsp3) is 0.562.